The van der Waals surface area contributed by atoms with Crippen LogP contribution < -0.4 is 10.1 Å². The number of hydrogen-bond donors (Lipinski definition) is 2. The Bertz CT molecular complexity index is 512. The number of ether oxygens (including phenoxy) is 2. The molecule has 1 amide bonds. The molecule has 0 aromatic heterocycles. The van der Waals surface area contributed by atoms with Gasteiger partial charge in [-0.1, -0.05) is 22.0 Å². The molecule has 1 heterocycles. The third kappa shape index (κ3) is 3.64. The number of halogens is 1. The molecule has 0 spiro atoms. The molecule has 1 aliphatic heterocycles. The number of aliphatic hydroxyl groups is 1. The molecule has 0 fully saturated rings. The molecule has 6 heteroatoms. The van der Waals surface area contributed by atoms with Crippen molar-refractivity contribution in [1.82, 2.24) is 5.32 Å². The Kier molecular flexibility index (Phi) is 4.25. The smallest absolute Gasteiger partial charge is 0.408 e. The summed E-state index contributed by atoms with van der Waals surface area (Å²) in [6.45, 7) is 5.50. The average Bonchev–Trinajstić information content (AvgIpc) is 2.30. The molecule has 5 nitrogen and oxygen atoms in total. The Labute approximate surface area is 126 Å². The number of aliphatic hydroxyl groups excluding tert-OH is 1. The monoisotopic (exact) mass is 343 g/mol. The maximum atomic E-state index is 11.9. The molecule has 2 rings (SSSR count). The van der Waals surface area contributed by atoms with Gasteiger partial charge >= 0.3 is 6.09 Å². The minimum absolute atomic E-state index is 0.129. The highest BCUT2D eigenvalue weighted by molar-refractivity contribution is 9.10. The van der Waals surface area contributed by atoms with Crippen LogP contribution in [0.15, 0.2) is 22.7 Å². The van der Waals surface area contributed by atoms with E-state index in [1.54, 1.807) is 20.8 Å². The normalized spacial score (nSPS) is 21.6. The molecular weight excluding hydrogens is 326 g/mol. The highest BCUT2D eigenvalue weighted by Gasteiger charge is 2.32. The highest BCUT2D eigenvalue weighted by Crippen LogP contribution is 2.34. The molecule has 2 N–H and O–H groups in total. The molecule has 2 atom stereocenters. The van der Waals surface area contributed by atoms with Crippen molar-refractivity contribution in [1.29, 1.82) is 0 Å². The van der Waals surface area contributed by atoms with Gasteiger partial charge in [0.25, 0.3) is 0 Å². The molecule has 0 saturated carbocycles. The van der Waals surface area contributed by atoms with E-state index in [-0.39, 0.29) is 6.61 Å². The minimum Gasteiger partial charge on any atom is -0.490 e. The lowest BCUT2D eigenvalue weighted by molar-refractivity contribution is 0.0276. The van der Waals surface area contributed by atoms with E-state index in [4.69, 9.17) is 9.47 Å². The van der Waals surface area contributed by atoms with Crippen molar-refractivity contribution in [3.05, 3.63) is 28.2 Å². The fourth-order valence-electron chi connectivity index (χ4n) is 1.98. The van der Waals surface area contributed by atoms with Gasteiger partial charge in [0.15, 0.2) is 0 Å². The molecular formula is C14H18BrNO4. The van der Waals surface area contributed by atoms with Crippen LogP contribution in [0.25, 0.3) is 0 Å². The Balaban J connectivity index is 2.17. The Hall–Kier alpha value is -1.27. The minimum atomic E-state index is -0.809. The second kappa shape index (κ2) is 5.61. The van der Waals surface area contributed by atoms with Crippen LogP contribution in [0.3, 0.4) is 0 Å². The predicted molar refractivity (Wildman–Crippen MR) is 77.8 cm³/mol. The Morgan fingerprint density at radius 3 is 2.85 bits per heavy atom. The molecule has 1 aromatic carbocycles. The fourth-order valence-corrected chi connectivity index (χ4v) is 2.32. The van der Waals surface area contributed by atoms with Crippen molar-refractivity contribution < 1.29 is 19.4 Å². The third-order valence-electron chi connectivity index (χ3n) is 2.78. The van der Waals surface area contributed by atoms with Gasteiger partial charge in [0, 0.05) is 10.0 Å². The van der Waals surface area contributed by atoms with Gasteiger partial charge < -0.3 is 19.9 Å². The lowest BCUT2D eigenvalue weighted by atomic mass is 9.98. The average molecular weight is 344 g/mol. The van der Waals surface area contributed by atoms with E-state index in [0.29, 0.717) is 5.75 Å². The van der Waals surface area contributed by atoms with Crippen molar-refractivity contribution >= 4 is 22.0 Å². The predicted octanol–water partition coefficient (Wildman–Crippen LogP) is 2.77. The van der Waals surface area contributed by atoms with E-state index in [0.717, 1.165) is 10.0 Å². The van der Waals surface area contributed by atoms with Gasteiger partial charge in [-0.3, -0.25) is 0 Å². The zero-order valence-corrected chi connectivity index (χ0v) is 13.2. The SMILES string of the molecule is CC(C)(C)OC(=O)N[C@@H]1c2ccc(Br)cc2OC[C@@H]1O. The summed E-state index contributed by atoms with van der Waals surface area (Å²) in [6.07, 6.45) is -1.37. The number of carbonyl (C=O) groups excluding carboxylic acids is 1. The van der Waals surface area contributed by atoms with Gasteiger partial charge in [0.05, 0.1) is 6.04 Å². The van der Waals surface area contributed by atoms with E-state index in [2.05, 4.69) is 21.2 Å². The summed E-state index contributed by atoms with van der Waals surface area (Å²) in [5.41, 5.74) is 0.153. The van der Waals surface area contributed by atoms with Crippen molar-refractivity contribution in [2.45, 2.75) is 38.5 Å². The van der Waals surface area contributed by atoms with Crippen molar-refractivity contribution in [3.63, 3.8) is 0 Å². The molecule has 0 bridgehead atoms. The first-order valence-electron chi connectivity index (χ1n) is 6.36. The second-order valence-corrected chi connectivity index (χ2v) is 6.60. The molecule has 0 saturated heterocycles. The van der Waals surface area contributed by atoms with Gasteiger partial charge in [-0.2, -0.15) is 0 Å². The van der Waals surface area contributed by atoms with Gasteiger partial charge in [-0.05, 0) is 32.9 Å². The number of nitrogens with one attached hydrogen (secondary N) is 1. The van der Waals surface area contributed by atoms with Crippen LogP contribution in [-0.4, -0.2) is 29.5 Å². The number of rotatable bonds is 1. The summed E-state index contributed by atoms with van der Waals surface area (Å²) >= 11 is 3.36. The Morgan fingerprint density at radius 2 is 2.20 bits per heavy atom. The second-order valence-electron chi connectivity index (χ2n) is 5.68. The number of fused-ring (bicyclic) bond motifs is 1. The lowest BCUT2D eigenvalue weighted by Crippen LogP contribution is -2.43. The van der Waals surface area contributed by atoms with Gasteiger partial charge in [-0.25, -0.2) is 4.79 Å². The molecule has 20 heavy (non-hydrogen) atoms. The van der Waals surface area contributed by atoms with Crippen LogP contribution in [0, 0.1) is 0 Å². The summed E-state index contributed by atoms with van der Waals surface area (Å²) in [4.78, 5) is 11.9. The van der Waals surface area contributed by atoms with Crippen LogP contribution in [0.1, 0.15) is 32.4 Å². The number of benzene rings is 1. The number of amides is 1. The van der Waals surface area contributed by atoms with E-state index in [1.807, 2.05) is 18.2 Å². The molecule has 0 aliphatic carbocycles. The first kappa shape index (κ1) is 15.1. The summed E-state index contributed by atoms with van der Waals surface area (Å²) < 4.78 is 11.6. The summed E-state index contributed by atoms with van der Waals surface area (Å²) in [7, 11) is 0. The first-order valence-corrected chi connectivity index (χ1v) is 7.15. The summed E-state index contributed by atoms with van der Waals surface area (Å²) in [5.74, 6) is 0.644. The van der Waals surface area contributed by atoms with Crippen molar-refractivity contribution in [2.24, 2.45) is 0 Å². The quantitative estimate of drug-likeness (QED) is 0.822. The standard InChI is InChI=1S/C14H18BrNO4/c1-14(2,3)20-13(18)16-12-9-5-4-8(15)6-11(9)19-7-10(12)17/h4-6,10,12,17H,7H2,1-3H3,(H,16,18)/t10-,12+/m0/s1. The third-order valence-corrected chi connectivity index (χ3v) is 3.27. The van der Waals surface area contributed by atoms with Crippen molar-refractivity contribution in [2.75, 3.05) is 6.61 Å². The number of alkyl carbamates (subject to hydrolysis) is 1. The maximum absolute atomic E-state index is 11.9. The van der Waals surface area contributed by atoms with Crippen LogP contribution in [-0.2, 0) is 4.74 Å². The molecule has 0 unspecified atom stereocenters. The van der Waals surface area contributed by atoms with Crippen LogP contribution in [0.5, 0.6) is 5.75 Å². The highest BCUT2D eigenvalue weighted by atomic mass is 79.9. The number of carbonyl (C=O) groups is 1. The van der Waals surface area contributed by atoms with E-state index < -0.39 is 23.8 Å². The fraction of sp³-hybridized carbons (Fsp3) is 0.500. The van der Waals surface area contributed by atoms with Gasteiger partial charge in [0.1, 0.15) is 24.1 Å². The molecule has 1 aromatic rings. The first-order chi connectivity index (χ1) is 9.26. The largest absolute Gasteiger partial charge is 0.490 e. The van der Waals surface area contributed by atoms with Crippen molar-refractivity contribution in [3.8, 4) is 5.75 Å². The van der Waals surface area contributed by atoms with Crippen LogP contribution in [0.2, 0.25) is 0 Å². The van der Waals surface area contributed by atoms with Gasteiger partial charge in [-0.15, -0.1) is 0 Å². The van der Waals surface area contributed by atoms with E-state index in [9.17, 15) is 9.90 Å². The maximum Gasteiger partial charge on any atom is 0.408 e. The summed E-state index contributed by atoms with van der Waals surface area (Å²) in [5, 5.41) is 12.7. The Morgan fingerprint density at radius 1 is 1.50 bits per heavy atom. The van der Waals surface area contributed by atoms with E-state index in [1.165, 1.54) is 0 Å². The molecule has 110 valence electrons. The van der Waals surface area contributed by atoms with Crippen LogP contribution >= 0.6 is 15.9 Å². The topological polar surface area (TPSA) is 67.8 Å². The lowest BCUT2D eigenvalue weighted by Gasteiger charge is -2.31. The van der Waals surface area contributed by atoms with E-state index >= 15 is 0 Å². The molecule has 1 aliphatic rings. The van der Waals surface area contributed by atoms with Gasteiger partial charge in [0.2, 0.25) is 0 Å². The molecule has 0 radical (unpaired) electrons. The zero-order valence-electron chi connectivity index (χ0n) is 11.6. The summed E-state index contributed by atoms with van der Waals surface area (Å²) in [6, 6.07) is 4.92. The zero-order chi connectivity index (χ0) is 14.9. The number of hydrogen-bond acceptors (Lipinski definition) is 4. The van der Waals surface area contributed by atoms with Crippen LogP contribution in [0.4, 0.5) is 4.79 Å².